The number of ether oxygens (including phenoxy) is 2. The van der Waals surface area contributed by atoms with Gasteiger partial charge in [-0.15, -0.1) is 0 Å². The van der Waals surface area contributed by atoms with Gasteiger partial charge in [-0.1, -0.05) is 12.1 Å². The van der Waals surface area contributed by atoms with E-state index in [9.17, 15) is 19.1 Å². The van der Waals surface area contributed by atoms with Crippen molar-refractivity contribution in [3.63, 3.8) is 0 Å². The van der Waals surface area contributed by atoms with Gasteiger partial charge in [-0.2, -0.15) is 0 Å². The molecule has 8 heteroatoms. The maximum atomic E-state index is 13.0. The van der Waals surface area contributed by atoms with Gasteiger partial charge in [0.15, 0.2) is 11.5 Å². The lowest BCUT2D eigenvalue weighted by Crippen LogP contribution is -2.24. The molecule has 0 atom stereocenters. The molecule has 2 N–H and O–H groups in total. The smallest absolute Gasteiger partial charge is 0.352 e. The van der Waals surface area contributed by atoms with Gasteiger partial charge in [-0.3, -0.25) is 4.79 Å². The number of aliphatic carboxylic acids is 1. The van der Waals surface area contributed by atoms with Crippen molar-refractivity contribution < 1.29 is 28.6 Å². The largest absolute Gasteiger partial charge is 0.493 e. The minimum absolute atomic E-state index is 0.191. The summed E-state index contributed by atoms with van der Waals surface area (Å²) >= 11 is 3.37. The van der Waals surface area contributed by atoms with E-state index in [1.165, 1.54) is 32.2 Å². The average Bonchev–Trinajstić information content (AvgIpc) is 2.60. The Bertz CT molecular complexity index is 880. The van der Waals surface area contributed by atoms with Crippen LogP contribution in [0.1, 0.15) is 18.1 Å². The van der Waals surface area contributed by atoms with Crippen LogP contribution in [0.15, 0.2) is 46.6 Å². The lowest BCUT2D eigenvalue weighted by molar-refractivity contribution is -0.134. The molecular formula is C19H17BrFNO5. The monoisotopic (exact) mass is 437 g/mol. The van der Waals surface area contributed by atoms with Gasteiger partial charge in [0.05, 0.1) is 11.6 Å². The minimum Gasteiger partial charge on any atom is -0.493 e. The van der Waals surface area contributed by atoms with Crippen LogP contribution in [0.2, 0.25) is 0 Å². The van der Waals surface area contributed by atoms with Crippen LogP contribution < -0.4 is 14.8 Å². The second kappa shape index (κ2) is 9.18. The molecule has 0 aliphatic rings. The maximum absolute atomic E-state index is 13.0. The number of carboxylic acid groups (broad SMARTS) is 1. The summed E-state index contributed by atoms with van der Waals surface area (Å²) < 4.78 is 24.6. The fraction of sp³-hybridized carbons (Fsp3) is 0.158. The number of halogens is 2. The van der Waals surface area contributed by atoms with E-state index < -0.39 is 11.9 Å². The molecule has 2 aromatic rings. The molecule has 0 aliphatic carbocycles. The first-order valence-electron chi connectivity index (χ1n) is 7.77. The first-order valence-corrected chi connectivity index (χ1v) is 8.56. The molecule has 0 unspecified atom stereocenters. The molecule has 0 saturated carbocycles. The number of amides is 1. The zero-order valence-corrected chi connectivity index (χ0v) is 16.2. The standard InChI is InChI=1S/C19H17BrFNO5/c1-11(23)22-16(19(24)25)8-13-7-15(20)18(17(9-13)26-2)27-10-12-3-5-14(21)6-4-12/h3-9H,10H2,1-2H3,(H,22,23)(H,24,25)/b16-8+. The first-order chi connectivity index (χ1) is 12.8. The number of carbonyl (C=O) groups is 2. The summed E-state index contributed by atoms with van der Waals surface area (Å²) in [5, 5.41) is 11.4. The van der Waals surface area contributed by atoms with Crippen LogP contribution in [-0.2, 0) is 16.2 Å². The Balaban J connectivity index is 2.29. The quantitative estimate of drug-likeness (QED) is 0.644. The number of methoxy groups -OCH3 is 1. The summed E-state index contributed by atoms with van der Waals surface area (Å²) in [7, 11) is 1.45. The Morgan fingerprint density at radius 2 is 1.93 bits per heavy atom. The summed E-state index contributed by atoms with van der Waals surface area (Å²) in [4.78, 5) is 22.4. The van der Waals surface area contributed by atoms with E-state index in [4.69, 9.17) is 9.47 Å². The molecule has 0 saturated heterocycles. The third-order valence-electron chi connectivity index (χ3n) is 3.40. The van der Waals surface area contributed by atoms with Gasteiger partial charge in [0, 0.05) is 6.92 Å². The van der Waals surface area contributed by atoms with Crippen LogP contribution in [0.25, 0.3) is 6.08 Å². The number of nitrogens with one attached hydrogen (secondary N) is 1. The molecule has 0 aromatic heterocycles. The third kappa shape index (κ3) is 5.82. The zero-order valence-electron chi connectivity index (χ0n) is 14.6. The molecule has 2 rings (SSSR count). The summed E-state index contributed by atoms with van der Waals surface area (Å²) in [6.45, 7) is 1.41. The van der Waals surface area contributed by atoms with Crippen LogP contribution in [-0.4, -0.2) is 24.1 Å². The summed E-state index contributed by atoms with van der Waals surface area (Å²) in [5.41, 5.74) is 0.989. The maximum Gasteiger partial charge on any atom is 0.352 e. The summed E-state index contributed by atoms with van der Waals surface area (Å²) in [5.74, 6) is -1.31. The van der Waals surface area contributed by atoms with Crippen molar-refractivity contribution in [2.24, 2.45) is 0 Å². The highest BCUT2D eigenvalue weighted by atomic mass is 79.9. The van der Waals surface area contributed by atoms with Gasteiger partial charge in [0.1, 0.15) is 18.1 Å². The van der Waals surface area contributed by atoms with Crippen LogP contribution in [0.4, 0.5) is 4.39 Å². The van der Waals surface area contributed by atoms with Crippen LogP contribution >= 0.6 is 15.9 Å². The van der Waals surface area contributed by atoms with Gasteiger partial charge >= 0.3 is 5.97 Å². The van der Waals surface area contributed by atoms with Crippen molar-refractivity contribution in [1.29, 1.82) is 0 Å². The lowest BCUT2D eigenvalue weighted by atomic mass is 10.1. The van der Waals surface area contributed by atoms with Crippen molar-refractivity contribution in [2.75, 3.05) is 7.11 Å². The van der Waals surface area contributed by atoms with E-state index in [1.54, 1.807) is 24.3 Å². The average molecular weight is 438 g/mol. The van der Waals surface area contributed by atoms with Crippen LogP contribution in [0.5, 0.6) is 11.5 Å². The number of hydrogen-bond acceptors (Lipinski definition) is 4. The van der Waals surface area contributed by atoms with Crippen LogP contribution in [0.3, 0.4) is 0 Å². The first kappa shape index (κ1) is 20.4. The molecule has 27 heavy (non-hydrogen) atoms. The van der Waals surface area contributed by atoms with E-state index in [1.807, 2.05) is 0 Å². The number of benzene rings is 2. The number of rotatable bonds is 7. The lowest BCUT2D eigenvalue weighted by Gasteiger charge is -2.14. The fourth-order valence-corrected chi connectivity index (χ4v) is 2.78. The normalized spacial score (nSPS) is 11.0. The Labute approximate surface area is 163 Å². The number of hydrogen-bond donors (Lipinski definition) is 2. The Kier molecular flexibility index (Phi) is 6.95. The van der Waals surface area contributed by atoms with E-state index >= 15 is 0 Å². The molecule has 0 bridgehead atoms. The molecular weight excluding hydrogens is 421 g/mol. The van der Waals surface area contributed by atoms with Gasteiger partial charge in [0.25, 0.3) is 0 Å². The molecule has 0 heterocycles. The van der Waals surface area contributed by atoms with Crippen molar-refractivity contribution in [3.05, 3.63) is 63.5 Å². The van der Waals surface area contributed by atoms with Gasteiger partial charge in [-0.05, 0) is 57.4 Å². The topological polar surface area (TPSA) is 84.9 Å². The Morgan fingerprint density at radius 1 is 1.26 bits per heavy atom. The number of carbonyl (C=O) groups excluding carboxylic acids is 1. The molecule has 0 aliphatic heterocycles. The molecule has 0 spiro atoms. The predicted octanol–water partition coefficient (Wildman–Crippen LogP) is 3.74. The minimum atomic E-state index is -1.27. The van der Waals surface area contributed by atoms with Crippen molar-refractivity contribution in [3.8, 4) is 11.5 Å². The second-order valence-corrected chi connectivity index (χ2v) is 6.35. The molecule has 142 valence electrons. The molecule has 2 aromatic carbocycles. The van der Waals surface area contributed by atoms with E-state index in [-0.39, 0.29) is 18.1 Å². The predicted molar refractivity (Wildman–Crippen MR) is 101 cm³/mol. The molecule has 0 fully saturated rings. The Morgan fingerprint density at radius 3 is 2.48 bits per heavy atom. The van der Waals surface area contributed by atoms with E-state index in [2.05, 4.69) is 21.2 Å². The Hall–Kier alpha value is -2.87. The van der Waals surface area contributed by atoms with Crippen molar-refractivity contribution >= 4 is 33.9 Å². The van der Waals surface area contributed by atoms with Gasteiger partial charge in [0.2, 0.25) is 5.91 Å². The second-order valence-electron chi connectivity index (χ2n) is 5.49. The third-order valence-corrected chi connectivity index (χ3v) is 3.99. The highest BCUT2D eigenvalue weighted by Crippen LogP contribution is 2.37. The molecule has 1 amide bonds. The zero-order chi connectivity index (χ0) is 20.0. The summed E-state index contributed by atoms with van der Waals surface area (Å²) in [6, 6.07) is 9.12. The fourth-order valence-electron chi connectivity index (χ4n) is 2.21. The van der Waals surface area contributed by atoms with Gasteiger partial charge < -0.3 is 19.9 Å². The number of carboxylic acids is 1. The SMILES string of the molecule is COc1cc(/C=C(/NC(C)=O)C(=O)O)cc(Br)c1OCc1ccc(F)cc1. The summed E-state index contributed by atoms with van der Waals surface area (Å²) in [6.07, 6.45) is 1.31. The molecule has 0 radical (unpaired) electrons. The highest BCUT2D eigenvalue weighted by molar-refractivity contribution is 9.10. The van der Waals surface area contributed by atoms with Crippen LogP contribution in [0, 0.1) is 5.82 Å². The van der Waals surface area contributed by atoms with E-state index in [0.717, 1.165) is 5.56 Å². The van der Waals surface area contributed by atoms with Crippen molar-refractivity contribution in [2.45, 2.75) is 13.5 Å². The van der Waals surface area contributed by atoms with Crippen molar-refractivity contribution in [1.82, 2.24) is 5.32 Å². The molecule has 6 nitrogen and oxygen atoms in total. The highest BCUT2D eigenvalue weighted by Gasteiger charge is 2.14. The van der Waals surface area contributed by atoms with E-state index in [0.29, 0.717) is 21.5 Å². The van der Waals surface area contributed by atoms with Gasteiger partial charge in [-0.25, -0.2) is 9.18 Å².